The molecule has 0 atom stereocenters. The fraction of sp³-hybridized carbons (Fsp3) is 0.867. The van der Waals surface area contributed by atoms with Crippen LogP contribution in [0.5, 0.6) is 0 Å². The summed E-state index contributed by atoms with van der Waals surface area (Å²) in [7, 11) is 0. The van der Waals surface area contributed by atoms with E-state index in [1.54, 1.807) is 6.08 Å². The lowest BCUT2D eigenvalue weighted by Gasteiger charge is -2.30. The summed E-state index contributed by atoms with van der Waals surface area (Å²) in [4.78, 5) is 0. The Hall–Kier alpha value is 0.220. The third kappa shape index (κ3) is 23.8. The zero-order valence-electron chi connectivity index (χ0n) is 12.8. The summed E-state index contributed by atoms with van der Waals surface area (Å²) in [6.07, 6.45) is 5.60. The van der Waals surface area contributed by atoms with Gasteiger partial charge >= 0.3 is 0 Å². The molecule has 0 aliphatic carbocycles. The highest BCUT2D eigenvalue weighted by Crippen LogP contribution is 2.36. The van der Waals surface area contributed by atoms with Crippen molar-refractivity contribution in [3.63, 3.8) is 0 Å². The van der Waals surface area contributed by atoms with Crippen molar-refractivity contribution in [3.05, 3.63) is 12.7 Å². The van der Waals surface area contributed by atoms with Crippen LogP contribution in [0.15, 0.2) is 12.7 Å². The summed E-state index contributed by atoms with van der Waals surface area (Å²) in [5.74, 6) is 0. The third-order valence-corrected chi connectivity index (χ3v) is 2.11. The van der Waals surface area contributed by atoms with Crippen molar-refractivity contribution in [3.8, 4) is 0 Å². The second kappa shape index (κ2) is 11.7. The van der Waals surface area contributed by atoms with Crippen molar-refractivity contribution in [2.75, 3.05) is 0 Å². The maximum atomic E-state index is 3.68. The predicted molar refractivity (Wildman–Crippen MR) is 83.5 cm³/mol. The maximum Gasteiger partial charge on any atom is 0.0206 e. The van der Waals surface area contributed by atoms with Crippen LogP contribution in [0.25, 0.3) is 0 Å². The Bertz CT molecular complexity index is 140. The number of hydrogen-bond donors (Lipinski definition) is 0. The third-order valence-electron chi connectivity index (χ3n) is 1.83. The van der Waals surface area contributed by atoms with Gasteiger partial charge in [0.2, 0.25) is 0 Å². The Morgan fingerprint density at radius 3 is 1.62 bits per heavy atom. The first-order valence-corrected chi connectivity index (χ1v) is 7.24. The van der Waals surface area contributed by atoms with Gasteiger partial charge in [0, 0.05) is 4.32 Å². The summed E-state index contributed by atoms with van der Waals surface area (Å²) in [5, 5.41) is 0. The summed E-state index contributed by atoms with van der Waals surface area (Å²) in [5.41, 5.74) is 0.488. The normalized spacial score (nSPS) is 10.6. The Labute approximate surface area is 113 Å². The number of allylic oxidation sites excluding steroid dienone is 1. The molecule has 0 aromatic heterocycles. The average molecular weight is 293 g/mol. The van der Waals surface area contributed by atoms with Gasteiger partial charge in [-0.3, -0.25) is 0 Å². The van der Waals surface area contributed by atoms with E-state index in [1.165, 1.54) is 19.3 Å². The molecule has 16 heavy (non-hydrogen) atoms. The van der Waals surface area contributed by atoms with Gasteiger partial charge in [-0.25, -0.2) is 0 Å². The number of hydrogen-bond acceptors (Lipinski definition) is 0. The van der Waals surface area contributed by atoms with Crippen molar-refractivity contribution in [2.45, 2.75) is 79.0 Å². The van der Waals surface area contributed by atoms with Gasteiger partial charge in [0.05, 0.1) is 0 Å². The number of rotatable bonds is 4. The highest BCUT2D eigenvalue weighted by molar-refractivity contribution is 9.10. The highest BCUT2D eigenvalue weighted by Gasteiger charge is 2.25. The minimum atomic E-state index is 0.297. The fourth-order valence-corrected chi connectivity index (χ4v) is 2.66. The van der Waals surface area contributed by atoms with E-state index >= 15 is 0 Å². The molecule has 0 saturated carbocycles. The van der Waals surface area contributed by atoms with Gasteiger partial charge in [0.25, 0.3) is 0 Å². The molecule has 0 aliphatic rings. The molecule has 0 aliphatic heterocycles. The summed E-state index contributed by atoms with van der Waals surface area (Å²) in [6.45, 7) is 20.7. The highest BCUT2D eigenvalue weighted by atomic mass is 79.9. The monoisotopic (exact) mass is 292 g/mol. The molecule has 0 N–H and O–H groups in total. The molecule has 0 radical (unpaired) electrons. The van der Waals surface area contributed by atoms with Crippen LogP contribution in [0.1, 0.15) is 74.7 Å². The topological polar surface area (TPSA) is 0 Å². The first-order chi connectivity index (χ1) is 7.18. The van der Waals surface area contributed by atoms with Crippen LogP contribution >= 0.6 is 15.9 Å². The van der Waals surface area contributed by atoms with Gasteiger partial charge in [0.1, 0.15) is 0 Å². The van der Waals surface area contributed by atoms with E-state index in [9.17, 15) is 0 Å². The molecular formula is C15H33Br. The molecular weight excluding hydrogens is 260 g/mol. The minimum absolute atomic E-state index is 0.297. The smallest absolute Gasteiger partial charge is 0.0206 e. The van der Waals surface area contributed by atoms with Crippen LogP contribution in [0.2, 0.25) is 0 Å². The second-order valence-electron chi connectivity index (χ2n) is 5.22. The largest absolute Gasteiger partial charge is 0.103 e. The van der Waals surface area contributed by atoms with Crippen LogP contribution in [0.3, 0.4) is 0 Å². The van der Waals surface area contributed by atoms with E-state index in [4.69, 9.17) is 0 Å². The van der Waals surface area contributed by atoms with E-state index < -0.39 is 0 Å². The zero-order chi connectivity index (χ0) is 13.8. The van der Waals surface area contributed by atoms with Gasteiger partial charge in [-0.2, -0.15) is 0 Å². The molecule has 0 aromatic rings. The molecule has 0 aromatic carbocycles. The molecule has 1 heteroatoms. The van der Waals surface area contributed by atoms with Gasteiger partial charge < -0.3 is 0 Å². The van der Waals surface area contributed by atoms with Crippen molar-refractivity contribution in [2.24, 2.45) is 5.41 Å². The van der Waals surface area contributed by atoms with Crippen LogP contribution in [-0.4, -0.2) is 4.32 Å². The van der Waals surface area contributed by atoms with Crippen LogP contribution in [-0.2, 0) is 0 Å². The van der Waals surface area contributed by atoms with Crippen molar-refractivity contribution in [1.82, 2.24) is 0 Å². The molecule has 0 spiro atoms. The van der Waals surface area contributed by atoms with Crippen molar-refractivity contribution < 1.29 is 0 Å². The lowest BCUT2D eigenvalue weighted by molar-refractivity contribution is 0.280. The van der Waals surface area contributed by atoms with Gasteiger partial charge in [-0.15, -0.1) is 6.58 Å². The maximum absolute atomic E-state index is 3.68. The molecule has 0 nitrogen and oxygen atoms in total. The Balaban J connectivity index is -0.000000289. The van der Waals surface area contributed by atoms with E-state index in [-0.39, 0.29) is 0 Å². The standard InChI is InChI=1S/C10H21Br.C3H6.C2H6/c1-6-7-9(2,3)8-10(4,5)11;1-3-2;1-2/h6-8H2,1-5H3;3H,1H2,2H3;1-2H3. The van der Waals surface area contributed by atoms with Crippen molar-refractivity contribution >= 4 is 15.9 Å². The minimum Gasteiger partial charge on any atom is -0.103 e. The Kier molecular flexibility index (Phi) is 15.7. The fourth-order valence-electron chi connectivity index (χ4n) is 1.90. The second-order valence-corrected chi connectivity index (χ2v) is 7.36. The zero-order valence-corrected chi connectivity index (χ0v) is 14.4. The Morgan fingerprint density at radius 2 is 1.44 bits per heavy atom. The Morgan fingerprint density at radius 1 is 1.12 bits per heavy atom. The molecule has 0 rings (SSSR count). The average Bonchev–Trinajstić information content (AvgIpc) is 2.04. The summed E-state index contributed by atoms with van der Waals surface area (Å²) >= 11 is 3.68. The molecule has 0 saturated heterocycles. The van der Waals surface area contributed by atoms with Crippen LogP contribution in [0, 0.1) is 5.41 Å². The molecule has 0 fully saturated rings. The van der Waals surface area contributed by atoms with Gasteiger partial charge in [0.15, 0.2) is 0 Å². The van der Waals surface area contributed by atoms with Gasteiger partial charge in [-0.1, -0.05) is 76.9 Å². The van der Waals surface area contributed by atoms with Crippen molar-refractivity contribution in [1.29, 1.82) is 0 Å². The predicted octanol–water partition coefficient (Wildman–Crippen LogP) is 6.59. The van der Waals surface area contributed by atoms with E-state index in [0.717, 1.165) is 0 Å². The van der Waals surface area contributed by atoms with Crippen LogP contribution in [0.4, 0.5) is 0 Å². The quantitative estimate of drug-likeness (QED) is 0.405. The summed E-state index contributed by atoms with van der Waals surface area (Å²) in [6, 6.07) is 0. The SMILES string of the molecule is C=CC.CC.CCCC(C)(C)CC(C)(C)Br. The van der Waals surface area contributed by atoms with E-state index in [1.807, 2.05) is 20.8 Å². The number of halogens is 1. The lowest BCUT2D eigenvalue weighted by Crippen LogP contribution is -2.22. The molecule has 0 unspecified atom stereocenters. The van der Waals surface area contributed by atoms with E-state index in [2.05, 4.69) is 57.1 Å². The summed E-state index contributed by atoms with van der Waals surface area (Å²) < 4.78 is 0.297. The molecule has 0 heterocycles. The first kappa shape index (κ1) is 21.5. The van der Waals surface area contributed by atoms with Gasteiger partial charge in [-0.05, 0) is 25.2 Å². The van der Waals surface area contributed by atoms with Crippen LogP contribution < -0.4 is 0 Å². The molecule has 0 amide bonds. The number of alkyl halides is 1. The molecule has 0 bridgehead atoms. The molecule has 100 valence electrons. The van der Waals surface area contributed by atoms with E-state index in [0.29, 0.717) is 9.74 Å². The lowest BCUT2D eigenvalue weighted by atomic mass is 9.80. The first-order valence-electron chi connectivity index (χ1n) is 6.44.